The fourth-order valence-corrected chi connectivity index (χ4v) is 4.83. The molecular formula is C23H28N4O4S. The molecular weight excluding hydrogens is 428 g/mol. The topological polar surface area (TPSA) is 106 Å². The molecule has 0 aliphatic heterocycles. The molecule has 1 fully saturated rings. The minimum absolute atomic E-state index is 0.168. The fraction of sp³-hybridized carbons (Fsp3) is 0.435. The Morgan fingerprint density at radius 3 is 2.91 bits per heavy atom. The highest BCUT2D eigenvalue weighted by atomic mass is 32.1. The zero-order valence-corrected chi connectivity index (χ0v) is 19.1. The third-order valence-corrected chi connectivity index (χ3v) is 6.53. The smallest absolute Gasteiger partial charge is 0.222 e. The van der Waals surface area contributed by atoms with E-state index in [2.05, 4.69) is 20.6 Å². The Labute approximate surface area is 191 Å². The number of aliphatic hydroxyl groups is 1. The van der Waals surface area contributed by atoms with Gasteiger partial charge in [-0.15, -0.1) is 0 Å². The van der Waals surface area contributed by atoms with Gasteiger partial charge in [0.15, 0.2) is 5.13 Å². The number of aliphatic hydroxyl groups excluding tert-OH is 1. The number of carbonyl (C=O) groups excluding carboxylic acids is 1. The Balaban J connectivity index is 1.45. The van der Waals surface area contributed by atoms with Crippen molar-refractivity contribution in [2.24, 2.45) is 5.92 Å². The summed E-state index contributed by atoms with van der Waals surface area (Å²) in [6.07, 6.45) is 5.59. The number of pyridine rings is 1. The van der Waals surface area contributed by atoms with Crippen LogP contribution in [-0.2, 0) is 11.4 Å². The lowest BCUT2D eigenvalue weighted by Crippen LogP contribution is -2.30. The van der Waals surface area contributed by atoms with Crippen LogP contribution in [0.5, 0.6) is 11.5 Å². The van der Waals surface area contributed by atoms with E-state index in [1.165, 1.54) is 13.3 Å². The number of ether oxygens (including phenoxy) is 2. The standard InChI is InChI=1S/C23H28N4O4S/c1-14(28)26-21-9-15(7-8-24-21)13-31-17-10-19(30-2)22-20(11-17)32-23(27-22)25-12-16-5-3-4-6-18(16)29/h7-11,16,18,29H,3-6,12-13H2,1-2H3,(H,25,27)(H,24,26,28)/t16?,18-/m1/s1. The molecule has 1 amide bonds. The quantitative estimate of drug-likeness (QED) is 0.466. The van der Waals surface area contributed by atoms with Gasteiger partial charge in [0.05, 0.1) is 17.9 Å². The molecule has 1 unspecified atom stereocenters. The maximum Gasteiger partial charge on any atom is 0.222 e. The number of thiazole rings is 1. The Bertz CT molecular complexity index is 1090. The van der Waals surface area contributed by atoms with Gasteiger partial charge in [-0.3, -0.25) is 4.79 Å². The number of amides is 1. The number of anilines is 2. The predicted molar refractivity (Wildman–Crippen MR) is 125 cm³/mol. The average Bonchev–Trinajstić information content (AvgIpc) is 3.19. The molecule has 1 saturated carbocycles. The third-order valence-electron chi connectivity index (χ3n) is 5.57. The third kappa shape index (κ3) is 5.46. The SMILES string of the molecule is COc1cc(OCc2ccnc(NC(C)=O)c2)cc2sc(NCC3CCCC[C@H]3O)nc12. The van der Waals surface area contributed by atoms with E-state index in [0.717, 1.165) is 40.2 Å². The van der Waals surface area contributed by atoms with Crippen LogP contribution in [0.15, 0.2) is 30.5 Å². The number of rotatable bonds is 8. The minimum Gasteiger partial charge on any atom is -0.494 e. The fourth-order valence-electron chi connectivity index (χ4n) is 3.91. The number of benzene rings is 1. The van der Waals surface area contributed by atoms with Crippen molar-refractivity contribution in [1.82, 2.24) is 9.97 Å². The molecule has 170 valence electrons. The number of carbonyl (C=O) groups is 1. The van der Waals surface area contributed by atoms with Crippen LogP contribution in [0, 0.1) is 5.92 Å². The zero-order chi connectivity index (χ0) is 22.5. The molecule has 3 aromatic rings. The predicted octanol–water partition coefficient (Wildman–Crippen LogP) is 4.20. The van der Waals surface area contributed by atoms with E-state index >= 15 is 0 Å². The van der Waals surface area contributed by atoms with Gasteiger partial charge >= 0.3 is 0 Å². The maximum atomic E-state index is 11.2. The van der Waals surface area contributed by atoms with Crippen LogP contribution >= 0.6 is 11.3 Å². The van der Waals surface area contributed by atoms with Crippen molar-refractivity contribution in [3.63, 3.8) is 0 Å². The summed E-state index contributed by atoms with van der Waals surface area (Å²) in [6, 6.07) is 7.40. The molecule has 2 heterocycles. The molecule has 2 atom stereocenters. The molecule has 1 aromatic carbocycles. The summed E-state index contributed by atoms with van der Waals surface area (Å²) in [5.41, 5.74) is 1.67. The van der Waals surface area contributed by atoms with Crippen molar-refractivity contribution in [2.45, 2.75) is 45.3 Å². The molecule has 8 nitrogen and oxygen atoms in total. The number of methoxy groups -OCH3 is 1. The van der Waals surface area contributed by atoms with Gasteiger partial charge in [-0.1, -0.05) is 24.2 Å². The second-order valence-corrected chi connectivity index (χ2v) is 9.03. The number of aromatic nitrogens is 2. The average molecular weight is 457 g/mol. The van der Waals surface area contributed by atoms with Gasteiger partial charge in [0.1, 0.15) is 29.4 Å². The highest BCUT2D eigenvalue weighted by molar-refractivity contribution is 7.22. The first-order valence-electron chi connectivity index (χ1n) is 10.8. The van der Waals surface area contributed by atoms with E-state index in [9.17, 15) is 9.90 Å². The Hall–Kier alpha value is -2.91. The van der Waals surface area contributed by atoms with Crippen LogP contribution in [0.1, 0.15) is 38.2 Å². The number of hydrogen-bond donors (Lipinski definition) is 3. The summed E-state index contributed by atoms with van der Waals surface area (Å²) in [7, 11) is 1.62. The van der Waals surface area contributed by atoms with Gasteiger partial charge in [0.25, 0.3) is 0 Å². The van der Waals surface area contributed by atoms with E-state index in [4.69, 9.17) is 9.47 Å². The molecule has 1 aliphatic carbocycles. The van der Waals surface area contributed by atoms with Crippen LogP contribution in [0.2, 0.25) is 0 Å². The molecule has 9 heteroatoms. The minimum atomic E-state index is -0.237. The van der Waals surface area contributed by atoms with Gasteiger partial charge in [-0.25, -0.2) is 9.97 Å². The van der Waals surface area contributed by atoms with Crippen LogP contribution in [0.4, 0.5) is 10.9 Å². The van der Waals surface area contributed by atoms with E-state index in [1.807, 2.05) is 18.2 Å². The first-order valence-corrected chi connectivity index (χ1v) is 11.6. The van der Waals surface area contributed by atoms with Gasteiger partial charge in [0.2, 0.25) is 5.91 Å². The highest BCUT2D eigenvalue weighted by Crippen LogP contribution is 2.37. The number of nitrogens with zero attached hydrogens (tertiary/aromatic N) is 2. The Morgan fingerprint density at radius 1 is 1.28 bits per heavy atom. The summed E-state index contributed by atoms with van der Waals surface area (Å²) in [5.74, 6) is 1.91. The van der Waals surface area contributed by atoms with Crippen LogP contribution in [0.3, 0.4) is 0 Å². The second-order valence-electron chi connectivity index (χ2n) is 8.00. The van der Waals surface area contributed by atoms with Crippen LogP contribution in [0.25, 0.3) is 10.2 Å². The van der Waals surface area contributed by atoms with Crippen molar-refractivity contribution in [1.29, 1.82) is 0 Å². The Morgan fingerprint density at radius 2 is 2.12 bits per heavy atom. The molecule has 3 N–H and O–H groups in total. The Kier molecular flexibility index (Phi) is 7.06. The van der Waals surface area contributed by atoms with Crippen molar-refractivity contribution >= 4 is 38.4 Å². The molecule has 4 rings (SSSR count). The second kappa shape index (κ2) is 10.1. The van der Waals surface area contributed by atoms with Gasteiger partial charge in [-0.05, 0) is 36.6 Å². The summed E-state index contributed by atoms with van der Waals surface area (Å²) in [6.45, 7) is 2.49. The number of hydrogen-bond acceptors (Lipinski definition) is 8. The van der Waals surface area contributed by atoms with Crippen molar-refractivity contribution < 1.29 is 19.4 Å². The molecule has 2 aromatic heterocycles. The van der Waals surface area contributed by atoms with E-state index < -0.39 is 0 Å². The molecule has 1 aliphatic rings. The first kappa shape index (κ1) is 22.3. The number of fused-ring (bicyclic) bond motifs is 1. The van der Waals surface area contributed by atoms with Gasteiger partial charge < -0.3 is 25.2 Å². The zero-order valence-electron chi connectivity index (χ0n) is 18.3. The number of nitrogens with one attached hydrogen (secondary N) is 2. The maximum absolute atomic E-state index is 11.2. The summed E-state index contributed by atoms with van der Waals surface area (Å²) in [5, 5.41) is 17.1. The monoisotopic (exact) mass is 456 g/mol. The molecule has 0 saturated heterocycles. The molecule has 0 radical (unpaired) electrons. The highest BCUT2D eigenvalue weighted by Gasteiger charge is 2.23. The largest absolute Gasteiger partial charge is 0.494 e. The van der Waals surface area contributed by atoms with Crippen LogP contribution in [-0.4, -0.2) is 40.7 Å². The van der Waals surface area contributed by atoms with Crippen molar-refractivity contribution in [3.05, 3.63) is 36.0 Å². The van der Waals surface area contributed by atoms with Crippen LogP contribution < -0.4 is 20.1 Å². The van der Waals surface area contributed by atoms with E-state index in [0.29, 0.717) is 30.5 Å². The van der Waals surface area contributed by atoms with E-state index in [-0.39, 0.29) is 17.9 Å². The summed E-state index contributed by atoms with van der Waals surface area (Å²) < 4.78 is 12.5. The van der Waals surface area contributed by atoms with Crippen molar-refractivity contribution in [2.75, 3.05) is 24.3 Å². The molecule has 0 bridgehead atoms. The normalized spacial score (nSPS) is 18.3. The molecule has 32 heavy (non-hydrogen) atoms. The molecule has 0 spiro atoms. The first-order chi connectivity index (χ1) is 15.5. The lowest BCUT2D eigenvalue weighted by Gasteiger charge is -2.27. The van der Waals surface area contributed by atoms with Gasteiger partial charge in [0, 0.05) is 31.6 Å². The lowest BCUT2D eigenvalue weighted by molar-refractivity contribution is -0.114. The summed E-state index contributed by atoms with van der Waals surface area (Å²) in [4.78, 5) is 20.0. The van der Waals surface area contributed by atoms with Crippen molar-refractivity contribution in [3.8, 4) is 11.5 Å². The lowest BCUT2D eigenvalue weighted by atomic mass is 9.86. The van der Waals surface area contributed by atoms with E-state index in [1.54, 1.807) is 30.7 Å². The summed E-state index contributed by atoms with van der Waals surface area (Å²) >= 11 is 1.54. The van der Waals surface area contributed by atoms with Gasteiger partial charge in [-0.2, -0.15) is 0 Å².